The van der Waals surface area contributed by atoms with Crippen molar-refractivity contribution in [2.75, 3.05) is 16.5 Å². The fraction of sp³-hybridized carbons (Fsp3) is 0.268. The number of pyridine rings is 1. The normalized spacial score (nSPS) is 14.6. The lowest BCUT2D eigenvalue weighted by molar-refractivity contribution is 0.480. The van der Waals surface area contributed by atoms with E-state index in [0.29, 0.717) is 12.6 Å². The molecule has 1 aliphatic heterocycles. The summed E-state index contributed by atoms with van der Waals surface area (Å²) in [4.78, 5) is 9.81. The largest absolute Gasteiger partial charge is 0.457 e. The minimum absolute atomic E-state index is 0.217. The first-order valence-corrected chi connectivity index (χ1v) is 22.6. The van der Waals surface area contributed by atoms with Crippen LogP contribution < -0.4 is 14.5 Å². The van der Waals surface area contributed by atoms with Crippen molar-refractivity contribution in [2.24, 2.45) is 0 Å². The van der Waals surface area contributed by atoms with E-state index in [2.05, 4.69) is 152 Å². The van der Waals surface area contributed by atoms with Gasteiger partial charge in [0.15, 0.2) is 0 Å². The molecule has 2 aliphatic rings. The zero-order valence-electron chi connectivity index (χ0n) is 36.5. The molecule has 3 heterocycles. The molecular weight excluding hydrogens is 764 g/mol. The van der Waals surface area contributed by atoms with Crippen LogP contribution in [0.1, 0.15) is 106 Å². The molecule has 0 amide bonds. The Hall–Kier alpha value is -6.40. The van der Waals surface area contributed by atoms with Crippen molar-refractivity contribution in [3.8, 4) is 28.4 Å². The van der Waals surface area contributed by atoms with E-state index >= 15 is 0 Å². The number of aromatic nitrogens is 2. The Kier molecular flexibility index (Phi) is 10.5. The third-order valence-corrected chi connectivity index (χ3v) is 13.1. The van der Waals surface area contributed by atoms with Crippen molar-refractivity contribution in [2.45, 2.75) is 90.9 Å². The molecule has 0 radical (unpaired) electrons. The number of rotatable bonds is 9. The molecule has 2 aromatic heterocycles. The molecule has 0 bridgehead atoms. The lowest BCUT2D eigenvalue weighted by atomic mass is 9.87. The van der Waals surface area contributed by atoms with E-state index in [1.54, 1.807) is 12.1 Å². The van der Waals surface area contributed by atoms with Gasteiger partial charge in [-0.15, -0.1) is 0 Å². The van der Waals surface area contributed by atoms with Crippen LogP contribution in [0.4, 0.5) is 27.1 Å². The number of hydrogen-bond acceptors (Lipinski definition) is 4. The molecule has 1 fully saturated rings. The Morgan fingerprint density at radius 3 is 2.05 bits per heavy atom. The third-order valence-electron chi connectivity index (χ3n) is 13.1. The molecule has 6 aromatic carbocycles. The molecule has 0 unspecified atom stereocenters. The van der Waals surface area contributed by atoms with E-state index in [1.165, 1.54) is 94.7 Å². The second-order valence-corrected chi connectivity index (χ2v) is 18.1. The van der Waals surface area contributed by atoms with Crippen LogP contribution >= 0.6 is 0 Å². The Morgan fingerprint density at radius 1 is 0.613 bits per heavy atom. The number of para-hydroxylation sites is 3. The number of nitrogens with zero attached hydrogens (tertiary/aromatic N) is 4. The average Bonchev–Trinajstić information content (AvgIpc) is 3.68. The van der Waals surface area contributed by atoms with Gasteiger partial charge in [-0.2, -0.15) is 0 Å². The van der Waals surface area contributed by atoms with E-state index in [9.17, 15) is 4.39 Å². The second-order valence-electron chi connectivity index (χ2n) is 18.1. The summed E-state index contributed by atoms with van der Waals surface area (Å²) in [5.41, 5.74) is 13.9. The Bertz CT molecular complexity index is 2910. The first-order valence-electron chi connectivity index (χ1n) is 22.6. The van der Waals surface area contributed by atoms with E-state index in [0.717, 1.165) is 45.2 Å². The summed E-state index contributed by atoms with van der Waals surface area (Å²) in [6.45, 7) is 11.8. The molecule has 8 aromatic rings. The molecule has 0 N–H and O–H groups in total. The highest BCUT2D eigenvalue weighted by molar-refractivity contribution is 6.09. The van der Waals surface area contributed by atoms with Gasteiger partial charge in [0.05, 0.1) is 22.4 Å². The van der Waals surface area contributed by atoms with E-state index in [1.807, 2.05) is 18.3 Å². The summed E-state index contributed by atoms with van der Waals surface area (Å²) in [7, 11) is 0. The zero-order chi connectivity index (χ0) is 42.5. The summed E-state index contributed by atoms with van der Waals surface area (Å²) in [6, 6.07) is 46.6. The molecule has 0 saturated heterocycles. The molecule has 10 rings (SSSR count). The maximum Gasteiger partial charge on any atom is 0.137 e. The van der Waals surface area contributed by atoms with Crippen LogP contribution in [-0.2, 0) is 0 Å². The predicted molar refractivity (Wildman–Crippen MR) is 256 cm³/mol. The number of benzene rings is 6. The zero-order valence-corrected chi connectivity index (χ0v) is 36.5. The molecule has 5 nitrogen and oxygen atoms in total. The van der Waals surface area contributed by atoms with Gasteiger partial charge in [-0.1, -0.05) is 95.8 Å². The highest BCUT2D eigenvalue weighted by Gasteiger charge is 2.33. The summed E-state index contributed by atoms with van der Waals surface area (Å²) in [6.07, 6.45) is 9.36. The van der Waals surface area contributed by atoms with E-state index in [4.69, 9.17) is 9.72 Å². The number of halogens is 1. The summed E-state index contributed by atoms with van der Waals surface area (Å²) in [5.74, 6) is 3.28. The highest BCUT2D eigenvalue weighted by Crippen LogP contribution is 2.50. The van der Waals surface area contributed by atoms with Crippen LogP contribution in [0.2, 0.25) is 0 Å². The number of fused-ring (bicyclic) bond motifs is 4. The molecule has 62 heavy (non-hydrogen) atoms. The molecular formula is C56H55FN4O. The number of anilines is 4. The van der Waals surface area contributed by atoms with Gasteiger partial charge in [-0.3, -0.25) is 4.57 Å². The van der Waals surface area contributed by atoms with Crippen molar-refractivity contribution in [3.05, 3.63) is 168 Å². The molecule has 312 valence electrons. The van der Waals surface area contributed by atoms with Crippen molar-refractivity contribution in [3.63, 3.8) is 0 Å². The van der Waals surface area contributed by atoms with Gasteiger partial charge in [0, 0.05) is 40.5 Å². The Labute approximate surface area is 365 Å². The van der Waals surface area contributed by atoms with E-state index < -0.39 is 0 Å². The van der Waals surface area contributed by atoms with Crippen molar-refractivity contribution >= 4 is 44.6 Å². The predicted octanol–water partition coefficient (Wildman–Crippen LogP) is 16.0. The first-order chi connectivity index (χ1) is 30.2. The lowest BCUT2D eigenvalue weighted by Gasteiger charge is -2.30. The quantitative estimate of drug-likeness (QED) is 0.136. The molecule has 1 aliphatic carbocycles. The van der Waals surface area contributed by atoms with Gasteiger partial charge < -0.3 is 14.5 Å². The fourth-order valence-corrected chi connectivity index (χ4v) is 10.0. The minimum atomic E-state index is -0.217. The minimum Gasteiger partial charge on any atom is -0.457 e. The molecule has 0 atom stereocenters. The van der Waals surface area contributed by atoms with Crippen LogP contribution in [0.15, 0.2) is 140 Å². The number of aryl methyl sites for hydroxylation is 1. The van der Waals surface area contributed by atoms with Crippen LogP contribution in [0.3, 0.4) is 0 Å². The average molecular weight is 819 g/mol. The van der Waals surface area contributed by atoms with Crippen molar-refractivity contribution < 1.29 is 9.13 Å². The number of hydrogen-bond donors (Lipinski definition) is 0. The Morgan fingerprint density at radius 2 is 1.32 bits per heavy atom. The molecule has 1 saturated carbocycles. The Balaban J connectivity index is 1.08. The van der Waals surface area contributed by atoms with Gasteiger partial charge in [0.1, 0.15) is 29.8 Å². The van der Waals surface area contributed by atoms with Crippen LogP contribution in [-0.4, -0.2) is 16.2 Å². The summed E-state index contributed by atoms with van der Waals surface area (Å²) in [5, 5.41) is 2.36. The topological polar surface area (TPSA) is 33.5 Å². The van der Waals surface area contributed by atoms with Gasteiger partial charge in [0.2, 0.25) is 0 Å². The highest BCUT2D eigenvalue weighted by atomic mass is 19.1. The van der Waals surface area contributed by atoms with Gasteiger partial charge >= 0.3 is 0 Å². The summed E-state index contributed by atoms with van der Waals surface area (Å²) < 4.78 is 23.8. The number of ether oxygens (including phenoxy) is 1. The van der Waals surface area contributed by atoms with Crippen molar-refractivity contribution in [1.29, 1.82) is 0 Å². The summed E-state index contributed by atoms with van der Waals surface area (Å²) >= 11 is 0. The van der Waals surface area contributed by atoms with Gasteiger partial charge in [0.25, 0.3) is 0 Å². The molecule has 6 heteroatoms. The standard InChI is InChI=1S/C56H55FN4O/c1-36(2)49-31-42(40-17-14-18-43(57)28-40)32-50(37(3)4)56(49)60-35-59(52-21-12-13-22-53(52)60)44-29-41(39-15-8-6-7-9-16-39)30-46(33-44)62-45-23-24-48-47-19-10-11-20-51(47)61(54(48)34-45)55-27-38(5)25-26-58-55/h10-14,17-34,36-37,39H,6-9,15-16,35H2,1-5H3. The molecule has 0 spiro atoms. The maximum atomic E-state index is 14.6. The van der Waals surface area contributed by atoms with Gasteiger partial charge in [-0.05, 0) is 150 Å². The third kappa shape index (κ3) is 7.40. The second kappa shape index (κ2) is 16.5. The van der Waals surface area contributed by atoms with Crippen LogP contribution in [0.25, 0.3) is 38.8 Å². The smallest absolute Gasteiger partial charge is 0.137 e. The monoisotopic (exact) mass is 818 g/mol. The first kappa shape index (κ1) is 39.7. The fourth-order valence-electron chi connectivity index (χ4n) is 10.0. The van der Waals surface area contributed by atoms with Crippen molar-refractivity contribution in [1.82, 2.24) is 9.55 Å². The lowest BCUT2D eigenvalue weighted by Crippen LogP contribution is -2.26. The van der Waals surface area contributed by atoms with Gasteiger partial charge in [-0.25, -0.2) is 9.37 Å². The van der Waals surface area contributed by atoms with Crippen LogP contribution in [0.5, 0.6) is 11.5 Å². The maximum absolute atomic E-state index is 14.6. The SMILES string of the molecule is Cc1ccnc(-n2c3ccccc3c3ccc(Oc4cc(C5CCCCCC5)cc(N5CN(c6c(C(C)C)cc(-c7cccc(F)c7)cc6C(C)C)c6ccccc65)c4)cc32)c1. The van der Waals surface area contributed by atoms with Crippen LogP contribution in [0, 0.1) is 12.7 Å². The van der Waals surface area contributed by atoms with E-state index in [-0.39, 0.29) is 17.7 Å².